The number of thiocarbonyl (C=S) groups is 1. The highest BCUT2D eigenvalue weighted by Crippen LogP contribution is 1.97. The predicted octanol–water partition coefficient (Wildman–Crippen LogP) is -1.19. The van der Waals surface area contributed by atoms with Crippen molar-refractivity contribution in [2.24, 2.45) is 10.9 Å². The Morgan fingerprint density at radius 1 is 1.50 bits per heavy atom. The van der Waals surface area contributed by atoms with Gasteiger partial charge >= 0.3 is 0 Å². The highest BCUT2D eigenvalue weighted by molar-refractivity contribution is 7.86. The van der Waals surface area contributed by atoms with Gasteiger partial charge in [0.05, 0.1) is 11.6 Å². The fourth-order valence-electron chi connectivity index (χ4n) is 0.794. The fraction of sp³-hybridized carbons (Fsp3) is 0.833. The van der Waals surface area contributed by atoms with Gasteiger partial charge in [0.1, 0.15) is 0 Å². The summed E-state index contributed by atoms with van der Waals surface area (Å²) in [6.07, 6.45) is 0.315. The van der Waals surface area contributed by atoms with Crippen molar-refractivity contribution in [3.8, 4) is 0 Å². The van der Waals surface area contributed by atoms with E-state index in [0.29, 0.717) is 6.42 Å². The van der Waals surface area contributed by atoms with Crippen molar-refractivity contribution in [3.05, 3.63) is 0 Å². The number of ether oxygens (including phenoxy) is 1. The summed E-state index contributed by atoms with van der Waals surface area (Å²) in [6.45, 7) is 0.684. The number of methoxy groups -OCH3 is 1. The lowest BCUT2D eigenvalue weighted by Gasteiger charge is -2.18. The molecule has 0 unspecified atom stereocenters. The first kappa shape index (κ1) is 13.7. The summed E-state index contributed by atoms with van der Waals surface area (Å²) in [7, 11) is -2.21. The molecular formula is C6H15N3O3S2. The van der Waals surface area contributed by atoms with E-state index in [-0.39, 0.29) is 24.7 Å². The van der Waals surface area contributed by atoms with Crippen LogP contribution in [0.1, 0.15) is 6.42 Å². The summed E-state index contributed by atoms with van der Waals surface area (Å²) in [5, 5.41) is 4.97. The summed E-state index contributed by atoms with van der Waals surface area (Å²) in [4.78, 5) is 0.260. The van der Waals surface area contributed by atoms with Gasteiger partial charge in [-0.3, -0.25) is 0 Å². The molecule has 8 heteroatoms. The van der Waals surface area contributed by atoms with Gasteiger partial charge in [0.15, 0.2) is 0 Å². The molecule has 0 atom stereocenters. The van der Waals surface area contributed by atoms with Crippen LogP contribution in [0.15, 0.2) is 0 Å². The van der Waals surface area contributed by atoms with E-state index in [4.69, 9.17) is 15.6 Å². The topological polar surface area (TPSA) is 98.7 Å². The van der Waals surface area contributed by atoms with Crippen LogP contribution in [-0.4, -0.2) is 44.5 Å². The summed E-state index contributed by atoms with van der Waals surface area (Å²) in [5.74, 6) is 0. The van der Waals surface area contributed by atoms with Gasteiger partial charge in [-0.25, -0.2) is 5.14 Å². The molecular weight excluding hydrogens is 226 g/mol. The average molecular weight is 241 g/mol. The number of nitrogens with zero attached hydrogens (tertiary/aromatic N) is 1. The maximum atomic E-state index is 11.0. The monoisotopic (exact) mass is 241 g/mol. The molecule has 0 aromatic carbocycles. The minimum absolute atomic E-state index is 0.192. The summed E-state index contributed by atoms with van der Waals surface area (Å²) in [5.41, 5.74) is 5.25. The van der Waals surface area contributed by atoms with E-state index >= 15 is 0 Å². The molecule has 0 rings (SSSR count). The standard InChI is InChI=1S/C6H15N3O3S2/c1-12-5-4-9(14(8,10)11)3-2-6(7)13/h2-5H2,1H3,(H2,7,13)(H2,8,10,11). The Balaban J connectivity index is 4.19. The molecule has 0 saturated heterocycles. The van der Waals surface area contributed by atoms with Gasteiger partial charge in [-0.2, -0.15) is 12.7 Å². The Bertz CT molecular complexity index is 278. The largest absolute Gasteiger partial charge is 0.393 e. The Kier molecular flexibility index (Phi) is 6.12. The normalized spacial score (nSPS) is 11.9. The van der Waals surface area contributed by atoms with Crippen LogP contribution in [0.5, 0.6) is 0 Å². The second kappa shape index (κ2) is 6.25. The van der Waals surface area contributed by atoms with Gasteiger partial charge in [0.2, 0.25) is 0 Å². The molecule has 0 saturated carbocycles. The average Bonchev–Trinajstić information content (AvgIpc) is 2.01. The second-order valence-electron chi connectivity index (χ2n) is 2.65. The van der Waals surface area contributed by atoms with Crippen molar-refractivity contribution in [2.45, 2.75) is 6.42 Å². The SMILES string of the molecule is COCCN(CCC(N)=S)S(N)(=O)=O. The van der Waals surface area contributed by atoms with E-state index in [2.05, 4.69) is 12.2 Å². The van der Waals surface area contributed by atoms with Crippen LogP contribution < -0.4 is 10.9 Å². The summed E-state index contributed by atoms with van der Waals surface area (Å²) in [6, 6.07) is 0. The summed E-state index contributed by atoms with van der Waals surface area (Å²) < 4.78 is 27.9. The molecule has 0 radical (unpaired) electrons. The first-order chi connectivity index (χ1) is 6.38. The van der Waals surface area contributed by atoms with Gasteiger partial charge in [0.25, 0.3) is 10.2 Å². The van der Waals surface area contributed by atoms with E-state index < -0.39 is 10.2 Å². The molecule has 0 amide bonds. The number of hydrogen-bond donors (Lipinski definition) is 2. The highest BCUT2D eigenvalue weighted by atomic mass is 32.2. The van der Waals surface area contributed by atoms with Crippen molar-refractivity contribution in [1.29, 1.82) is 0 Å². The smallest absolute Gasteiger partial charge is 0.276 e. The molecule has 0 aliphatic carbocycles. The quantitative estimate of drug-likeness (QED) is 0.546. The van der Waals surface area contributed by atoms with Gasteiger partial charge in [-0.1, -0.05) is 12.2 Å². The van der Waals surface area contributed by atoms with E-state index in [1.165, 1.54) is 7.11 Å². The zero-order chi connectivity index (χ0) is 11.2. The maximum Gasteiger partial charge on any atom is 0.276 e. The first-order valence-corrected chi connectivity index (χ1v) is 5.84. The number of nitrogens with two attached hydrogens (primary N) is 2. The van der Waals surface area contributed by atoms with Gasteiger partial charge < -0.3 is 10.5 Å². The molecule has 0 aromatic rings. The van der Waals surface area contributed by atoms with Crippen LogP contribution in [-0.2, 0) is 14.9 Å². The highest BCUT2D eigenvalue weighted by Gasteiger charge is 2.16. The number of rotatable bonds is 7. The molecule has 0 spiro atoms. The van der Waals surface area contributed by atoms with Gasteiger partial charge in [-0.05, 0) is 0 Å². The zero-order valence-corrected chi connectivity index (χ0v) is 9.60. The van der Waals surface area contributed by atoms with Crippen LogP contribution in [0.3, 0.4) is 0 Å². The second-order valence-corrected chi connectivity index (χ2v) is 4.72. The van der Waals surface area contributed by atoms with E-state index in [1.54, 1.807) is 0 Å². The van der Waals surface area contributed by atoms with E-state index in [1.807, 2.05) is 0 Å². The lowest BCUT2D eigenvalue weighted by molar-refractivity contribution is 0.179. The molecule has 6 nitrogen and oxygen atoms in total. The van der Waals surface area contributed by atoms with Gasteiger partial charge in [-0.15, -0.1) is 0 Å². The molecule has 0 aliphatic rings. The third kappa shape index (κ3) is 6.22. The third-order valence-corrected chi connectivity index (χ3v) is 2.80. The minimum atomic E-state index is -3.69. The lowest BCUT2D eigenvalue weighted by atomic mass is 10.4. The molecule has 84 valence electrons. The van der Waals surface area contributed by atoms with Crippen molar-refractivity contribution in [1.82, 2.24) is 4.31 Å². The molecule has 14 heavy (non-hydrogen) atoms. The van der Waals surface area contributed by atoms with Crippen LogP contribution >= 0.6 is 12.2 Å². The van der Waals surface area contributed by atoms with Crippen LogP contribution in [0.2, 0.25) is 0 Å². The zero-order valence-electron chi connectivity index (χ0n) is 7.97. The molecule has 4 N–H and O–H groups in total. The van der Waals surface area contributed by atoms with Crippen LogP contribution in [0, 0.1) is 0 Å². The summed E-state index contributed by atoms with van der Waals surface area (Å²) >= 11 is 4.63. The molecule has 0 bridgehead atoms. The maximum absolute atomic E-state index is 11.0. The van der Waals surface area contributed by atoms with Gasteiger partial charge in [0, 0.05) is 26.6 Å². The Morgan fingerprint density at radius 2 is 2.07 bits per heavy atom. The molecule has 0 fully saturated rings. The predicted molar refractivity (Wildman–Crippen MR) is 58.0 cm³/mol. The van der Waals surface area contributed by atoms with Crippen LogP contribution in [0.25, 0.3) is 0 Å². The van der Waals surface area contributed by atoms with Crippen molar-refractivity contribution < 1.29 is 13.2 Å². The van der Waals surface area contributed by atoms with E-state index in [0.717, 1.165) is 4.31 Å². The van der Waals surface area contributed by atoms with E-state index in [9.17, 15) is 8.42 Å². The van der Waals surface area contributed by atoms with Crippen molar-refractivity contribution in [3.63, 3.8) is 0 Å². The Morgan fingerprint density at radius 3 is 2.43 bits per heavy atom. The van der Waals surface area contributed by atoms with Crippen molar-refractivity contribution >= 4 is 27.4 Å². The minimum Gasteiger partial charge on any atom is -0.393 e. The molecule has 0 heterocycles. The molecule has 0 aromatic heterocycles. The molecule has 0 aliphatic heterocycles. The number of hydrogen-bond acceptors (Lipinski definition) is 4. The fourth-order valence-corrected chi connectivity index (χ4v) is 1.56. The van der Waals surface area contributed by atoms with Crippen molar-refractivity contribution in [2.75, 3.05) is 26.8 Å². The third-order valence-electron chi connectivity index (χ3n) is 1.51. The Hall–Kier alpha value is -0.280. The van der Waals surface area contributed by atoms with Crippen LogP contribution in [0.4, 0.5) is 0 Å². The first-order valence-electron chi connectivity index (χ1n) is 3.93. The lowest BCUT2D eigenvalue weighted by Crippen LogP contribution is -2.40. The Labute approximate surface area is 89.4 Å².